The Balaban J connectivity index is 1.69. The standard InChI is InChI=1S/C16H21NO4/c1-16(8-20-9-16)10-21-14-5-3-2-4-12(14)13-6-11(7-17-13)15(18)19/h2-5,11,13,17H,6-10H2,1H3,(H,18,19). The Morgan fingerprint density at radius 3 is 2.86 bits per heavy atom. The number of ether oxygens (including phenoxy) is 2. The highest BCUT2D eigenvalue weighted by molar-refractivity contribution is 5.71. The van der Waals surface area contributed by atoms with Crippen LogP contribution >= 0.6 is 0 Å². The van der Waals surface area contributed by atoms with E-state index in [2.05, 4.69) is 12.2 Å². The van der Waals surface area contributed by atoms with Crippen LogP contribution in [0.4, 0.5) is 0 Å². The molecule has 5 heteroatoms. The van der Waals surface area contributed by atoms with Gasteiger partial charge in [0.2, 0.25) is 0 Å². The molecule has 1 aromatic carbocycles. The molecule has 0 aliphatic carbocycles. The highest BCUT2D eigenvalue weighted by atomic mass is 16.5. The number of hydrogen-bond donors (Lipinski definition) is 2. The van der Waals surface area contributed by atoms with Gasteiger partial charge in [0.1, 0.15) is 5.75 Å². The molecule has 2 atom stereocenters. The topological polar surface area (TPSA) is 67.8 Å². The summed E-state index contributed by atoms with van der Waals surface area (Å²) in [4.78, 5) is 11.1. The van der Waals surface area contributed by atoms with Crippen LogP contribution in [0.3, 0.4) is 0 Å². The van der Waals surface area contributed by atoms with Crippen LogP contribution in [-0.4, -0.2) is 37.4 Å². The first-order valence-corrected chi connectivity index (χ1v) is 7.33. The van der Waals surface area contributed by atoms with Crippen molar-refractivity contribution >= 4 is 5.97 Å². The van der Waals surface area contributed by atoms with E-state index < -0.39 is 5.97 Å². The molecule has 1 aromatic rings. The Hall–Kier alpha value is -1.59. The Morgan fingerprint density at radius 1 is 1.48 bits per heavy atom. The minimum Gasteiger partial charge on any atom is -0.492 e. The van der Waals surface area contributed by atoms with E-state index in [9.17, 15) is 4.79 Å². The molecule has 2 unspecified atom stereocenters. The van der Waals surface area contributed by atoms with Crippen molar-refractivity contribution in [1.82, 2.24) is 5.32 Å². The van der Waals surface area contributed by atoms with Crippen molar-refractivity contribution in [2.75, 3.05) is 26.4 Å². The van der Waals surface area contributed by atoms with Crippen molar-refractivity contribution in [3.8, 4) is 5.75 Å². The van der Waals surface area contributed by atoms with Crippen molar-refractivity contribution in [3.63, 3.8) is 0 Å². The monoisotopic (exact) mass is 291 g/mol. The van der Waals surface area contributed by atoms with Crippen molar-refractivity contribution in [1.29, 1.82) is 0 Å². The maximum atomic E-state index is 11.1. The zero-order chi connectivity index (χ0) is 14.9. The number of hydrogen-bond acceptors (Lipinski definition) is 4. The first-order valence-electron chi connectivity index (χ1n) is 7.33. The van der Waals surface area contributed by atoms with Gasteiger partial charge in [0, 0.05) is 23.6 Å². The average molecular weight is 291 g/mol. The molecule has 3 rings (SSSR count). The average Bonchev–Trinajstić information content (AvgIpc) is 2.93. The van der Waals surface area contributed by atoms with E-state index in [4.69, 9.17) is 14.6 Å². The molecule has 5 nitrogen and oxygen atoms in total. The fourth-order valence-electron chi connectivity index (χ4n) is 2.85. The van der Waals surface area contributed by atoms with Crippen LogP contribution in [0.5, 0.6) is 5.75 Å². The van der Waals surface area contributed by atoms with Gasteiger partial charge >= 0.3 is 5.97 Å². The Labute approximate surface area is 124 Å². The van der Waals surface area contributed by atoms with E-state index in [-0.39, 0.29) is 17.4 Å². The zero-order valence-corrected chi connectivity index (χ0v) is 12.2. The second-order valence-electron chi connectivity index (χ2n) is 6.36. The van der Waals surface area contributed by atoms with Crippen LogP contribution in [-0.2, 0) is 9.53 Å². The molecule has 2 fully saturated rings. The SMILES string of the molecule is CC1(COc2ccccc2C2CC(C(=O)O)CN2)COC1. The van der Waals surface area contributed by atoms with Crippen LogP contribution in [0.1, 0.15) is 24.9 Å². The maximum Gasteiger partial charge on any atom is 0.307 e. The number of nitrogens with one attached hydrogen (secondary N) is 1. The molecule has 21 heavy (non-hydrogen) atoms. The molecule has 114 valence electrons. The van der Waals surface area contributed by atoms with E-state index in [1.165, 1.54) is 0 Å². The Morgan fingerprint density at radius 2 is 2.24 bits per heavy atom. The maximum absolute atomic E-state index is 11.1. The fraction of sp³-hybridized carbons (Fsp3) is 0.562. The van der Waals surface area contributed by atoms with Crippen LogP contribution in [0.2, 0.25) is 0 Å². The summed E-state index contributed by atoms with van der Waals surface area (Å²) in [5.41, 5.74) is 1.14. The summed E-state index contributed by atoms with van der Waals surface area (Å²) in [7, 11) is 0. The molecule has 0 radical (unpaired) electrons. The van der Waals surface area contributed by atoms with Gasteiger partial charge in [0.15, 0.2) is 0 Å². The van der Waals surface area contributed by atoms with Gasteiger partial charge in [-0.1, -0.05) is 25.1 Å². The molecular weight excluding hydrogens is 270 g/mol. The van der Waals surface area contributed by atoms with Crippen molar-refractivity contribution in [3.05, 3.63) is 29.8 Å². The third-order valence-corrected chi connectivity index (χ3v) is 4.25. The largest absolute Gasteiger partial charge is 0.492 e. The smallest absolute Gasteiger partial charge is 0.307 e. The van der Waals surface area contributed by atoms with Crippen molar-refractivity contribution < 1.29 is 19.4 Å². The molecule has 2 N–H and O–H groups in total. The number of aliphatic carboxylic acids is 1. The third-order valence-electron chi connectivity index (χ3n) is 4.25. The molecule has 2 saturated heterocycles. The second kappa shape index (κ2) is 5.66. The van der Waals surface area contributed by atoms with E-state index in [0.29, 0.717) is 19.6 Å². The van der Waals surface area contributed by atoms with Gasteiger partial charge in [-0.15, -0.1) is 0 Å². The van der Waals surface area contributed by atoms with Gasteiger partial charge in [0.05, 0.1) is 25.7 Å². The Bertz CT molecular complexity index is 527. The normalized spacial score (nSPS) is 27.1. The van der Waals surface area contributed by atoms with Crippen molar-refractivity contribution in [2.45, 2.75) is 19.4 Å². The van der Waals surface area contributed by atoms with E-state index in [0.717, 1.165) is 24.5 Å². The van der Waals surface area contributed by atoms with E-state index in [1.807, 2.05) is 24.3 Å². The number of carbonyl (C=O) groups is 1. The third kappa shape index (κ3) is 3.04. The molecule has 0 aromatic heterocycles. The number of para-hydroxylation sites is 1. The lowest BCUT2D eigenvalue weighted by Gasteiger charge is -2.37. The fourth-order valence-corrected chi connectivity index (χ4v) is 2.85. The molecule has 2 heterocycles. The van der Waals surface area contributed by atoms with Crippen LogP contribution < -0.4 is 10.1 Å². The number of carboxylic acids is 1. The molecule has 2 aliphatic heterocycles. The summed E-state index contributed by atoms with van der Waals surface area (Å²) >= 11 is 0. The number of benzene rings is 1. The minimum atomic E-state index is -0.734. The highest BCUT2D eigenvalue weighted by Crippen LogP contribution is 2.35. The zero-order valence-electron chi connectivity index (χ0n) is 12.2. The predicted octanol–water partition coefficient (Wildman–Crippen LogP) is 1.84. The summed E-state index contributed by atoms with van der Waals surface area (Å²) in [5.74, 6) is -0.211. The van der Waals surface area contributed by atoms with E-state index >= 15 is 0 Å². The second-order valence-corrected chi connectivity index (χ2v) is 6.36. The lowest BCUT2D eigenvalue weighted by atomic mass is 9.90. The summed E-state index contributed by atoms with van der Waals surface area (Å²) in [5, 5.41) is 12.4. The highest BCUT2D eigenvalue weighted by Gasteiger charge is 2.35. The van der Waals surface area contributed by atoms with Crippen LogP contribution in [0, 0.1) is 11.3 Å². The quantitative estimate of drug-likeness (QED) is 0.866. The van der Waals surface area contributed by atoms with Crippen LogP contribution in [0.25, 0.3) is 0 Å². The number of carboxylic acid groups (broad SMARTS) is 1. The van der Waals surface area contributed by atoms with Gasteiger partial charge in [0.25, 0.3) is 0 Å². The molecule has 0 bridgehead atoms. The minimum absolute atomic E-state index is 0.0488. The molecule has 0 amide bonds. The lowest BCUT2D eigenvalue weighted by Crippen LogP contribution is -2.44. The summed E-state index contributed by atoms with van der Waals surface area (Å²) < 4.78 is 11.2. The first-order chi connectivity index (χ1) is 10.1. The first kappa shape index (κ1) is 14.4. The van der Waals surface area contributed by atoms with Crippen LogP contribution in [0.15, 0.2) is 24.3 Å². The molecule has 0 spiro atoms. The Kier molecular flexibility index (Phi) is 3.87. The number of rotatable bonds is 5. The van der Waals surface area contributed by atoms with Crippen molar-refractivity contribution in [2.24, 2.45) is 11.3 Å². The van der Waals surface area contributed by atoms with Gasteiger partial charge in [-0.05, 0) is 12.5 Å². The van der Waals surface area contributed by atoms with Gasteiger partial charge in [-0.2, -0.15) is 0 Å². The predicted molar refractivity (Wildman–Crippen MR) is 77.3 cm³/mol. The van der Waals surface area contributed by atoms with Gasteiger partial charge in [-0.25, -0.2) is 0 Å². The molecule has 0 saturated carbocycles. The summed E-state index contributed by atoms with van der Waals surface area (Å²) in [6.45, 7) is 4.75. The lowest BCUT2D eigenvalue weighted by molar-refractivity contribution is -0.141. The van der Waals surface area contributed by atoms with E-state index in [1.54, 1.807) is 0 Å². The molecular formula is C16H21NO4. The summed E-state index contributed by atoms with van der Waals surface area (Å²) in [6, 6.07) is 7.92. The van der Waals surface area contributed by atoms with Gasteiger partial charge in [-0.3, -0.25) is 4.79 Å². The summed E-state index contributed by atoms with van der Waals surface area (Å²) in [6.07, 6.45) is 0.607. The van der Waals surface area contributed by atoms with Gasteiger partial charge < -0.3 is 19.9 Å². The molecule has 2 aliphatic rings.